The Labute approximate surface area is 92.2 Å². The van der Waals surface area contributed by atoms with Gasteiger partial charge in [0.25, 0.3) is 0 Å². The zero-order chi connectivity index (χ0) is 10.6. The van der Waals surface area contributed by atoms with E-state index in [1.807, 2.05) is 0 Å². The van der Waals surface area contributed by atoms with Crippen LogP contribution in [-0.2, 0) is 4.79 Å². The van der Waals surface area contributed by atoms with Crippen LogP contribution in [0.5, 0.6) is 0 Å². The summed E-state index contributed by atoms with van der Waals surface area (Å²) in [6.07, 6.45) is 8.66. The fourth-order valence-electron chi connectivity index (χ4n) is 1.25. The summed E-state index contributed by atoms with van der Waals surface area (Å²) >= 11 is 1.80. The first-order chi connectivity index (χ1) is 6.81. The van der Waals surface area contributed by atoms with E-state index in [-0.39, 0.29) is 5.91 Å². The van der Waals surface area contributed by atoms with Gasteiger partial charge in [-0.05, 0) is 24.9 Å². The molecular weight excluding hydrogens is 194 g/mol. The Hall–Kier alpha value is -0.180. The first-order valence-corrected chi connectivity index (χ1v) is 6.96. The Bertz CT molecular complexity index is 139. The summed E-state index contributed by atoms with van der Waals surface area (Å²) in [6.45, 7) is 3.05. The van der Waals surface area contributed by atoms with Crippen LogP contribution in [0, 0.1) is 0 Å². The average Bonchev–Trinajstić information content (AvgIpc) is 2.18. The first-order valence-electron chi connectivity index (χ1n) is 5.57. The molecule has 0 rings (SSSR count). The summed E-state index contributed by atoms with van der Waals surface area (Å²) in [5.74, 6) is 1.30. The van der Waals surface area contributed by atoms with Crippen molar-refractivity contribution in [3.05, 3.63) is 0 Å². The molecule has 0 aliphatic heterocycles. The molecule has 3 heteroatoms. The number of carbonyl (C=O) groups is 1. The largest absolute Gasteiger partial charge is 0.356 e. The van der Waals surface area contributed by atoms with Gasteiger partial charge in [0.2, 0.25) is 5.91 Å². The zero-order valence-electron chi connectivity index (χ0n) is 9.47. The molecule has 0 aromatic heterocycles. The first kappa shape index (κ1) is 13.8. The monoisotopic (exact) mass is 217 g/mol. The molecule has 0 aliphatic rings. The molecule has 0 atom stereocenters. The van der Waals surface area contributed by atoms with E-state index in [9.17, 15) is 4.79 Å². The summed E-state index contributed by atoms with van der Waals surface area (Å²) in [7, 11) is 0. The lowest BCUT2D eigenvalue weighted by atomic mass is 10.2. The molecule has 0 fully saturated rings. The third kappa shape index (κ3) is 9.90. The highest BCUT2D eigenvalue weighted by molar-refractivity contribution is 7.98. The molecular formula is C11H23NOS. The van der Waals surface area contributed by atoms with Crippen molar-refractivity contribution < 1.29 is 4.79 Å². The smallest absolute Gasteiger partial charge is 0.220 e. The number of amides is 1. The van der Waals surface area contributed by atoms with Gasteiger partial charge in [-0.15, -0.1) is 0 Å². The van der Waals surface area contributed by atoms with Crippen LogP contribution in [0.25, 0.3) is 0 Å². The molecule has 0 aliphatic carbocycles. The highest BCUT2D eigenvalue weighted by atomic mass is 32.2. The Balaban J connectivity index is 3.10. The molecule has 84 valence electrons. The maximum atomic E-state index is 11.2. The minimum absolute atomic E-state index is 0.218. The van der Waals surface area contributed by atoms with Gasteiger partial charge in [-0.25, -0.2) is 0 Å². The summed E-state index contributed by atoms with van der Waals surface area (Å²) in [5.41, 5.74) is 0. The molecule has 0 aromatic rings. The Morgan fingerprint density at radius 2 is 2.00 bits per heavy atom. The van der Waals surface area contributed by atoms with E-state index in [2.05, 4.69) is 18.5 Å². The van der Waals surface area contributed by atoms with Gasteiger partial charge in [-0.2, -0.15) is 11.8 Å². The molecule has 2 nitrogen and oxygen atoms in total. The molecule has 0 spiro atoms. The van der Waals surface area contributed by atoms with Crippen molar-refractivity contribution >= 4 is 17.7 Å². The SMILES string of the molecule is CCCCCCNC(=O)CCCSC. The number of carbonyl (C=O) groups excluding carboxylic acids is 1. The van der Waals surface area contributed by atoms with Crippen molar-refractivity contribution in [1.29, 1.82) is 0 Å². The van der Waals surface area contributed by atoms with E-state index < -0.39 is 0 Å². The average molecular weight is 217 g/mol. The van der Waals surface area contributed by atoms with Crippen LogP contribution in [0.15, 0.2) is 0 Å². The topological polar surface area (TPSA) is 29.1 Å². The number of thioether (sulfide) groups is 1. The van der Waals surface area contributed by atoms with E-state index >= 15 is 0 Å². The van der Waals surface area contributed by atoms with Crippen LogP contribution in [0.3, 0.4) is 0 Å². The van der Waals surface area contributed by atoms with Gasteiger partial charge >= 0.3 is 0 Å². The number of unbranched alkanes of at least 4 members (excludes halogenated alkanes) is 3. The van der Waals surface area contributed by atoms with E-state index in [1.54, 1.807) is 11.8 Å². The summed E-state index contributed by atoms with van der Waals surface area (Å²) in [4.78, 5) is 11.2. The van der Waals surface area contributed by atoms with Gasteiger partial charge in [-0.1, -0.05) is 26.2 Å². The number of hydrogen-bond acceptors (Lipinski definition) is 2. The predicted octanol–water partition coefficient (Wildman–Crippen LogP) is 2.83. The van der Waals surface area contributed by atoms with Gasteiger partial charge in [0, 0.05) is 13.0 Å². The quantitative estimate of drug-likeness (QED) is 0.602. The molecule has 14 heavy (non-hydrogen) atoms. The molecule has 0 unspecified atom stereocenters. The second kappa shape index (κ2) is 10.9. The lowest BCUT2D eigenvalue weighted by Crippen LogP contribution is -2.24. The number of hydrogen-bond donors (Lipinski definition) is 1. The minimum Gasteiger partial charge on any atom is -0.356 e. The number of nitrogens with one attached hydrogen (secondary N) is 1. The summed E-state index contributed by atoms with van der Waals surface area (Å²) in [6, 6.07) is 0. The van der Waals surface area contributed by atoms with Crippen molar-refractivity contribution in [2.75, 3.05) is 18.6 Å². The molecule has 0 saturated heterocycles. The minimum atomic E-state index is 0.218. The van der Waals surface area contributed by atoms with Gasteiger partial charge in [-0.3, -0.25) is 4.79 Å². The Morgan fingerprint density at radius 1 is 1.21 bits per heavy atom. The van der Waals surface area contributed by atoms with Crippen LogP contribution >= 0.6 is 11.8 Å². The third-order valence-corrected chi connectivity index (χ3v) is 2.80. The van der Waals surface area contributed by atoms with Gasteiger partial charge < -0.3 is 5.32 Å². The van der Waals surface area contributed by atoms with Crippen LogP contribution in [0.1, 0.15) is 45.4 Å². The fourth-order valence-corrected chi connectivity index (χ4v) is 1.68. The van der Waals surface area contributed by atoms with E-state index in [4.69, 9.17) is 0 Å². The van der Waals surface area contributed by atoms with Crippen molar-refractivity contribution in [3.63, 3.8) is 0 Å². The molecule has 1 amide bonds. The highest BCUT2D eigenvalue weighted by Gasteiger charge is 1.98. The second-order valence-corrected chi connectivity index (χ2v) is 4.49. The predicted molar refractivity (Wildman–Crippen MR) is 64.8 cm³/mol. The standard InChI is InChI=1S/C11H23NOS/c1-3-4-5-6-9-12-11(13)8-7-10-14-2/h3-10H2,1-2H3,(H,12,13). The van der Waals surface area contributed by atoms with Crippen molar-refractivity contribution in [2.24, 2.45) is 0 Å². The maximum Gasteiger partial charge on any atom is 0.220 e. The summed E-state index contributed by atoms with van der Waals surface area (Å²) < 4.78 is 0. The van der Waals surface area contributed by atoms with E-state index in [0.29, 0.717) is 6.42 Å². The van der Waals surface area contributed by atoms with Gasteiger partial charge in [0.05, 0.1) is 0 Å². The highest BCUT2D eigenvalue weighted by Crippen LogP contribution is 2.00. The van der Waals surface area contributed by atoms with E-state index in [1.165, 1.54) is 19.3 Å². The van der Waals surface area contributed by atoms with Gasteiger partial charge in [0.1, 0.15) is 0 Å². The van der Waals surface area contributed by atoms with E-state index in [0.717, 1.165) is 25.1 Å². The molecule has 0 bridgehead atoms. The molecule has 0 saturated carbocycles. The molecule has 0 heterocycles. The Kier molecular flexibility index (Phi) is 10.8. The number of rotatable bonds is 9. The van der Waals surface area contributed by atoms with Crippen molar-refractivity contribution in [1.82, 2.24) is 5.32 Å². The van der Waals surface area contributed by atoms with Crippen LogP contribution in [0.2, 0.25) is 0 Å². The Morgan fingerprint density at radius 3 is 2.64 bits per heavy atom. The maximum absolute atomic E-state index is 11.2. The molecule has 0 aromatic carbocycles. The van der Waals surface area contributed by atoms with Gasteiger partial charge in [0.15, 0.2) is 0 Å². The van der Waals surface area contributed by atoms with Crippen LogP contribution in [0.4, 0.5) is 0 Å². The third-order valence-electron chi connectivity index (χ3n) is 2.10. The normalized spacial score (nSPS) is 10.1. The molecule has 0 radical (unpaired) electrons. The lowest BCUT2D eigenvalue weighted by molar-refractivity contribution is -0.121. The molecule has 1 N–H and O–H groups in total. The van der Waals surface area contributed by atoms with Crippen LogP contribution in [-0.4, -0.2) is 24.5 Å². The lowest BCUT2D eigenvalue weighted by Gasteiger charge is -2.04. The summed E-state index contributed by atoms with van der Waals surface area (Å²) in [5, 5.41) is 2.95. The van der Waals surface area contributed by atoms with Crippen LogP contribution < -0.4 is 5.32 Å². The second-order valence-electron chi connectivity index (χ2n) is 3.51. The van der Waals surface area contributed by atoms with Crippen molar-refractivity contribution in [3.8, 4) is 0 Å². The van der Waals surface area contributed by atoms with Crippen molar-refractivity contribution in [2.45, 2.75) is 45.4 Å². The fraction of sp³-hybridized carbons (Fsp3) is 0.909. The zero-order valence-corrected chi connectivity index (χ0v) is 10.3.